The molecular formula is C16H16BrN3O2. The number of piperidine rings is 1. The van der Waals surface area contributed by atoms with Crippen LogP contribution in [0.25, 0.3) is 22.1 Å². The van der Waals surface area contributed by atoms with Crippen LogP contribution in [0.3, 0.4) is 0 Å². The third-order valence-electron chi connectivity index (χ3n) is 4.22. The minimum Gasteiger partial charge on any atom is -0.449 e. The fourth-order valence-electron chi connectivity index (χ4n) is 3.14. The second-order valence-corrected chi connectivity index (χ2v) is 6.77. The van der Waals surface area contributed by atoms with Crippen LogP contribution in [-0.4, -0.2) is 23.1 Å². The van der Waals surface area contributed by atoms with E-state index >= 15 is 0 Å². The van der Waals surface area contributed by atoms with Gasteiger partial charge in [0.1, 0.15) is 16.9 Å². The van der Waals surface area contributed by atoms with E-state index in [4.69, 9.17) is 4.42 Å². The summed E-state index contributed by atoms with van der Waals surface area (Å²) < 4.78 is 6.59. The van der Waals surface area contributed by atoms with Crippen molar-refractivity contribution in [3.05, 3.63) is 38.9 Å². The summed E-state index contributed by atoms with van der Waals surface area (Å²) in [5.41, 5.74) is 1.45. The molecule has 0 spiro atoms. The topological polar surface area (TPSA) is 70.9 Å². The van der Waals surface area contributed by atoms with Crippen molar-refractivity contribution >= 4 is 38.0 Å². The number of benzene rings is 1. The maximum absolute atomic E-state index is 12.3. The Morgan fingerprint density at radius 3 is 3.14 bits per heavy atom. The zero-order chi connectivity index (χ0) is 15.1. The van der Waals surface area contributed by atoms with Crippen LogP contribution in [0.5, 0.6) is 0 Å². The van der Waals surface area contributed by atoms with Crippen LogP contribution in [0, 0.1) is 5.92 Å². The lowest BCUT2D eigenvalue weighted by molar-refractivity contribution is 0.370. The molecule has 114 valence electrons. The van der Waals surface area contributed by atoms with Gasteiger partial charge in [0.25, 0.3) is 5.56 Å². The van der Waals surface area contributed by atoms with Crippen molar-refractivity contribution in [3.63, 3.8) is 0 Å². The molecule has 4 rings (SSSR count). The molecule has 0 saturated carbocycles. The Kier molecular flexibility index (Phi) is 3.50. The number of aromatic nitrogens is 2. The molecule has 0 aliphatic carbocycles. The summed E-state index contributed by atoms with van der Waals surface area (Å²) in [5.74, 6) is 1.27. The van der Waals surface area contributed by atoms with Crippen LogP contribution in [0.2, 0.25) is 0 Å². The fourth-order valence-corrected chi connectivity index (χ4v) is 3.50. The van der Waals surface area contributed by atoms with E-state index in [0.717, 1.165) is 35.2 Å². The van der Waals surface area contributed by atoms with E-state index in [1.165, 1.54) is 12.8 Å². The average Bonchev–Trinajstić information content (AvgIpc) is 2.87. The molecule has 1 aromatic carbocycles. The average molecular weight is 362 g/mol. The highest BCUT2D eigenvalue weighted by Gasteiger charge is 2.18. The molecule has 3 aromatic rings. The summed E-state index contributed by atoms with van der Waals surface area (Å²) in [5, 5.41) is 4.27. The Balaban J connectivity index is 1.81. The molecule has 1 aliphatic rings. The molecule has 22 heavy (non-hydrogen) atoms. The van der Waals surface area contributed by atoms with Gasteiger partial charge in [-0.3, -0.25) is 4.79 Å². The maximum Gasteiger partial charge on any atom is 0.294 e. The van der Waals surface area contributed by atoms with Crippen molar-refractivity contribution in [1.82, 2.24) is 15.3 Å². The summed E-state index contributed by atoms with van der Waals surface area (Å²) in [4.78, 5) is 19.8. The third kappa shape index (κ3) is 2.46. The van der Waals surface area contributed by atoms with Gasteiger partial charge in [0, 0.05) is 16.3 Å². The largest absolute Gasteiger partial charge is 0.449 e. The molecule has 1 aliphatic heterocycles. The molecular weight excluding hydrogens is 346 g/mol. The molecule has 2 N–H and O–H groups in total. The first-order chi connectivity index (χ1) is 10.7. The first kappa shape index (κ1) is 14.0. The van der Waals surface area contributed by atoms with Crippen LogP contribution in [0.4, 0.5) is 0 Å². The zero-order valence-corrected chi connectivity index (χ0v) is 13.6. The van der Waals surface area contributed by atoms with Crippen LogP contribution in [0.1, 0.15) is 18.7 Å². The van der Waals surface area contributed by atoms with E-state index in [1.807, 2.05) is 18.2 Å². The number of rotatable bonds is 2. The first-order valence-corrected chi connectivity index (χ1v) is 8.32. The SMILES string of the molecule is O=c1[nH]c(C[C@H]2CCCNC2)nc2c1oc1ccc(Br)cc12. The van der Waals surface area contributed by atoms with Gasteiger partial charge in [-0.2, -0.15) is 0 Å². The van der Waals surface area contributed by atoms with Crippen molar-refractivity contribution in [2.75, 3.05) is 13.1 Å². The number of nitrogens with one attached hydrogen (secondary N) is 2. The van der Waals surface area contributed by atoms with E-state index in [0.29, 0.717) is 22.6 Å². The van der Waals surface area contributed by atoms with E-state index in [9.17, 15) is 4.79 Å². The monoisotopic (exact) mass is 361 g/mol. The van der Waals surface area contributed by atoms with Gasteiger partial charge in [-0.1, -0.05) is 15.9 Å². The Morgan fingerprint density at radius 2 is 2.32 bits per heavy atom. The van der Waals surface area contributed by atoms with E-state index in [-0.39, 0.29) is 5.56 Å². The van der Waals surface area contributed by atoms with Gasteiger partial charge >= 0.3 is 0 Å². The van der Waals surface area contributed by atoms with Crippen LogP contribution >= 0.6 is 15.9 Å². The zero-order valence-electron chi connectivity index (χ0n) is 12.0. The predicted molar refractivity (Wildman–Crippen MR) is 89.1 cm³/mol. The minimum atomic E-state index is -0.198. The maximum atomic E-state index is 12.3. The number of aromatic amines is 1. The number of hydrogen-bond acceptors (Lipinski definition) is 4. The molecule has 3 heterocycles. The Labute approximate surface area is 135 Å². The lowest BCUT2D eigenvalue weighted by atomic mass is 9.96. The van der Waals surface area contributed by atoms with Crippen LogP contribution in [-0.2, 0) is 6.42 Å². The third-order valence-corrected chi connectivity index (χ3v) is 4.71. The second kappa shape index (κ2) is 5.52. The number of halogens is 1. The molecule has 0 unspecified atom stereocenters. The summed E-state index contributed by atoms with van der Waals surface area (Å²) in [7, 11) is 0. The van der Waals surface area contributed by atoms with Gasteiger partial charge in [-0.15, -0.1) is 0 Å². The summed E-state index contributed by atoms with van der Waals surface area (Å²) in [6, 6.07) is 5.69. The van der Waals surface area contributed by atoms with Gasteiger partial charge in [-0.05, 0) is 50.0 Å². The number of hydrogen-bond donors (Lipinski definition) is 2. The lowest BCUT2D eigenvalue weighted by Gasteiger charge is -2.21. The Hall–Kier alpha value is -1.66. The first-order valence-electron chi connectivity index (χ1n) is 7.52. The molecule has 1 fully saturated rings. The van der Waals surface area contributed by atoms with Gasteiger partial charge in [0.15, 0.2) is 0 Å². The molecule has 0 radical (unpaired) electrons. The lowest BCUT2D eigenvalue weighted by Crippen LogP contribution is -2.31. The number of furan rings is 1. The predicted octanol–water partition coefficient (Wildman–Crippen LogP) is 2.97. The van der Waals surface area contributed by atoms with Crippen LogP contribution < -0.4 is 10.9 Å². The second-order valence-electron chi connectivity index (χ2n) is 5.85. The summed E-state index contributed by atoms with van der Waals surface area (Å²) in [6.07, 6.45) is 3.14. The van der Waals surface area contributed by atoms with E-state index in [2.05, 4.69) is 31.2 Å². The molecule has 6 heteroatoms. The smallest absolute Gasteiger partial charge is 0.294 e. The van der Waals surface area contributed by atoms with Crippen molar-refractivity contribution in [3.8, 4) is 0 Å². The molecule has 1 saturated heterocycles. The summed E-state index contributed by atoms with van der Waals surface area (Å²) in [6.45, 7) is 2.07. The highest BCUT2D eigenvalue weighted by molar-refractivity contribution is 9.10. The Bertz CT molecular complexity index is 893. The molecule has 2 aromatic heterocycles. The fraction of sp³-hybridized carbons (Fsp3) is 0.375. The molecule has 1 atom stereocenters. The van der Waals surface area contributed by atoms with Gasteiger partial charge in [0.2, 0.25) is 5.58 Å². The number of H-pyrrole nitrogens is 1. The highest BCUT2D eigenvalue weighted by Crippen LogP contribution is 2.28. The summed E-state index contributed by atoms with van der Waals surface area (Å²) >= 11 is 3.46. The van der Waals surface area contributed by atoms with E-state index in [1.54, 1.807) is 0 Å². The molecule has 5 nitrogen and oxygen atoms in total. The van der Waals surface area contributed by atoms with E-state index < -0.39 is 0 Å². The number of fused-ring (bicyclic) bond motifs is 3. The standard InChI is InChI=1S/C16H16BrN3O2/c17-10-3-4-12-11(7-10)14-15(22-12)16(21)20-13(19-14)6-9-2-1-5-18-8-9/h3-4,7,9,18H,1-2,5-6,8H2,(H,19,20,21)/t9-/m1/s1. The van der Waals surface area contributed by atoms with Gasteiger partial charge in [-0.25, -0.2) is 4.98 Å². The van der Waals surface area contributed by atoms with Crippen molar-refractivity contribution in [2.45, 2.75) is 19.3 Å². The van der Waals surface area contributed by atoms with Gasteiger partial charge in [0.05, 0.1) is 0 Å². The van der Waals surface area contributed by atoms with Crippen molar-refractivity contribution < 1.29 is 4.42 Å². The highest BCUT2D eigenvalue weighted by atomic mass is 79.9. The quantitative estimate of drug-likeness (QED) is 0.735. The number of nitrogens with zero attached hydrogens (tertiary/aromatic N) is 1. The molecule has 0 amide bonds. The Morgan fingerprint density at radius 1 is 1.41 bits per heavy atom. The van der Waals surface area contributed by atoms with Crippen molar-refractivity contribution in [1.29, 1.82) is 0 Å². The van der Waals surface area contributed by atoms with Crippen LogP contribution in [0.15, 0.2) is 31.9 Å². The minimum absolute atomic E-state index is 0.198. The van der Waals surface area contributed by atoms with Crippen molar-refractivity contribution in [2.24, 2.45) is 5.92 Å². The normalized spacial score (nSPS) is 19.0. The molecule has 0 bridgehead atoms. The van der Waals surface area contributed by atoms with Gasteiger partial charge < -0.3 is 14.7 Å².